The Morgan fingerprint density at radius 1 is 1.03 bits per heavy atom. The molecule has 2 unspecified atom stereocenters. The van der Waals surface area contributed by atoms with Crippen molar-refractivity contribution in [2.24, 2.45) is 10.1 Å². The molecule has 0 bridgehead atoms. The first-order chi connectivity index (χ1) is 31.6. The van der Waals surface area contributed by atoms with Gasteiger partial charge in [0.25, 0.3) is 18.7 Å². The molecule has 24 heteroatoms. The first kappa shape index (κ1) is 51.4. The Hall–Kier alpha value is -6.56. The minimum absolute atomic E-state index is 0.0135. The van der Waals surface area contributed by atoms with Crippen LogP contribution in [0.5, 0.6) is 5.75 Å². The van der Waals surface area contributed by atoms with E-state index in [0.29, 0.717) is 34.8 Å². The second-order valence-electron chi connectivity index (χ2n) is 17.3. The summed E-state index contributed by atoms with van der Waals surface area (Å²) < 4.78 is 41.2. The number of nitrogens with one attached hydrogen (secondary N) is 1. The molecule has 0 aliphatic carbocycles. The van der Waals surface area contributed by atoms with Crippen LogP contribution < -0.4 is 25.3 Å². The number of amides is 4. The number of nitrogens with zero attached hydrogens (tertiary/aromatic N) is 9. The van der Waals surface area contributed by atoms with Gasteiger partial charge in [0.15, 0.2) is 5.13 Å². The van der Waals surface area contributed by atoms with Crippen molar-refractivity contribution in [1.82, 2.24) is 29.4 Å². The summed E-state index contributed by atoms with van der Waals surface area (Å²) in [6, 6.07) is 9.17. The van der Waals surface area contributed by atoms with Gasteiger partial charge in [-0.3, -0.25) is 19.4 Å². The van der Waals surface area contributed by atoms with E-state index in [1.807, 2.05) is 0 Å². The van der Waals surface area contributed by atoms with E-state index in [1.165, 1.54) is 33.6 Å². The molecule has 1 aromatic carbocycles. The lowest BCUT2D eigenvalue weighted by atomic mass is 10.0. The number of ether oxygens (including phenoxy) is 4. The summed E-state index contributed by atoms with van der Waals surface area (Å²) in [5.74, 6) is -1.55. The van der Waals surface area contributed by atoms with E-state index in [2.05, 4.69) is 24.7 Å². The molecule has 2 atom stereocenters. The maximum atomic E-state index is 14.3. The maximum Gasteiger partial charge on any atom is 0.415 e. The highest BCUT2D eigenvalue weighted by Gasteiger charge is 2.55. The third-order valence-electron chi connectivity index (χ3n) is 9.41. The van der Waals surface area contributed by atoms with Crippen LogP contribution in [-0.2, 0) is 46.6 Å². The summed E-state index contributed by atoms with van der Waals surface area (Å²) >= 11 is 2.05. The number of methoxy groups -OCH3 is 1. The zero-order valence-corrected chi connectivity index (χ0v) is 40.7. The van der Waals surface area contributed by atoms with E-state index in [0.717, 1.165) is 11.5 Å². The number of oxime groups is 1. The lowest BCUT2D eigenvalue weighted by Gasteiger charge is -2.49. The number of halogens is 1. The Balaban J connectivity index is 1.52. The number of nitrogen functional groups attached to an aromatic ring is 1. The second kappa shape index (κ2) is 22.3. The Morgan fingerprint density at radius 2 is 1.72 bits per heavy atom. The average molecular weight is 971 g/mol. The molecular formula is C43H57FN11O10S2+. The molecule has 362 valence electrons. The fourth-order valence-corrected chi connectivity index (χ4v) is 8.22. The Bertz CT molecular complexity index is 2380. The fraction of sp³-hybridized carbons (Fsp3) is 0.488. The summed E-state index contributed by atoms with van der Waals surface area (Å²) in [7, 11) is 6.71. The van der Waals surface area contributed by atoms with E-state index >= 15 is 0 Å². The Labute approximate surface area is 396 Å². The predicted molar refractivity (Wildman–Crippen MR) is 248 cm³/mol. The second-order valence-corrected chi connectivity index (χ2v) is 19.2. The summed E-state index contributed by atoms with van der Waals surface area (Å²) in [5, 5.41) is 5.35. The molecular weight excluding hydrogens is 914 g/mol. The normalized spacial score (nSPS) is 16.2. The number of aliphatic imine (C=N–C) groups is 1. The molecule has 67 heavy (non-hydrogen) atoms. The van der Waals surface area contributed by atoms with Gasteiger partial charge in [-0.05, 0) is 82.8 Å². The van der Waals surface area contributed by atoms with Crippen molar-refractivity contribution in [1.29, 1.82) is 0 Å². The molecule has 2 aromatic heterocycles. The number of hydrogen-bond donors (Lipinski definition) is 2. The van der Waals surface area contributed by atoms with Crippen LogP contribution in [0.2, 0.25) is 0 Å². The topological polar surface area (TPSA) is 237 Å². The van der Waals surface area contributed by atoms with Crippen LogP contribution in [0.3, 0.4) is 0 Å². The molecule has 21 nitrogen and oxygen atoms in total. The number of β-lactam (4-membered cyclic amide) rings is 1. The predicted octanol–water partition coefficient (Wildman–Crippen LogP) is 4.38. The van der Waals surface area contributed by atoms with Gasteiger partial charge in [-0.2, -0.15) is 9.36 Å². The van der Waals surface area contributed by atoms with E-state index < -0.39 is 65.2 Å². The number of esters is 1. The first-order valence-corrected chi connectivity index (χ1v) is 22.7. The van der Waals surface area contributed by atoms with Gasteiger partial charge in [0, 0.05) is 57.1 Å². The van der Waals surface area contributed by atoms with Crippen LogP contribution >= 0.6 is 23.3 Å². The SMILES string of the molecule is COc1ccc(COC(=O)C2=C(C[n+]3cccc(N(CCCN(C)C(=O)OC(C)(C)C)C(=O)OC(C)(C)C)c3N=CN(C)C)CSC3C(NC(=O)C(=NOCF)c4nsc(N)n4)C(=O)N23)cc1. The van der Waals surface area contributed by atoms with Gasteiger partial charge in [0.1, 0.15) is 52.9 Å². The standard InChI is InChI=1S/C43H56FN11O10S2/c1-42(2,3)64-40(59)52(9)18-12-20-54(41(60)65-43(4,5)6)29-13-11-19-53(34(29)46-25-51(7)8)21-27-23-66-37-31(47-35(56)30(49-63-24-44)33-48-39(45)67-50-33)36(57)55(37)32(27)38(58)62-22-26-14-16-28(61-10)17-15-26/h11,13-17,19,25,31,37H,12,18,20-24H2,1-10H3,(H2-,45,47,48,50,56)/p+1. The molecule has 1 saturated heterocycles. The van der Waals surface area contributed by atoms with Gasteiger partial charge in [-0.1, -0.05) is 17.3 Å². The van der Waals surface area contributed by atoms with Crippen molar-refractivity contribution in [3.8, 4) is 5.75 Å². The van der Waals surface area contributed by atoms with E-state index in [-0.39, 0.29) is 48.6 Å². The van der Waals surface area contributed by atoms with Crippen molar-refractivity contribution in [3.63, 3.8) is 0 Å². The van der Waals surface area contributed by atoms with Crippen molar-refractivity contribution >= 4 is 82.0 Å². The lowest BCUT2D eigenvalue weighted by Crippen LogP contribution is -2.71. The number of alkyl halides is 1. The average Bonchev–Trinajstić information content (AvgIpc) is 3.69. The van der Waals surface area contributed by atoms with Crippen LogP contribution in [0.4, 0.5) is 30.6 Å². The van der Waals surface area contributed by atoms with E-state index in [1.54, 1.807) is 121 Å². The molecule has 5 rings (SSSR count). The number of hydrogen-bond acceptors (Lipinski definition) is 17. The highest BCUT2D eigenvalue weighted by molar-refractivity contribution is 8.00. The number of thioether (sulfide) groups is 1. The molecule has 4 amide bonds. The molecule has 0 spiro atoms. The van der Waals surface area contributed by atoms with Gasteiger partial charge < -0.3 is 44.6 Å². The van der Waals surface area contributed by atoms with Gasteiger partial charge >= 0.3 is 24.0 Å². The zero-order chi connectivity index (χ0) is 49.2. The molecule has 3 aromatic rings. The van der Waals surface area contributed by atoms with Crippen LogP contribution in [0.1, 0.15) is 59.4 Å². The highest BCUT2D eigenvalue weighted by Crippen LogP contribution is 2.41. The van der Waals surface area contributed by atoms with Crippen molar-refractivity contribution in [2.45, 2.75) is 83.7 Å². The number of aromatic nitrogens is 3. The third-order valence-corrected chi connectivity index (χ3v) is 11.3. The van der Waals surface area contributed by atoms with Gasteiger partial charge in [0.2, 0.25) is 17.9 Å². The van der Waals surface area contributed by atoms with E-state index in [4.69, 9.17) is 29.7 Å². The number of pyridine rings is 1. The number of carbonyl (C=O) groups excluding carboxylic acids is 5. The Morgan fingerprint density at radius 3 is 2.33 bits per heavy atom. The number of carbonyl (C=O) groups is 5. The van der Waals surface area contributed by atoms with Crippen molar-refractivity contribution in [2.75, 3.05) is 64.6 Å². The summed E-state index contributed by atoms with van der Waals surface area (Å²) in [4.78, 5) is 87.9. The number of rotatable bonds is 18. The monoisotopic (exact) mass is 970 g/mol. The molecule has 0 saturated carbocycles. The van der Waals surface area contributed by atoms with Crippen molar-refractivity contribution < 1.29 is 56.7 Å². The molecule has 2 aliphatic rings. The van der Waals surface area contributed by atoms with E-state index in [9.17, 15) is 28.4 Å². The Kier molecular flexibility index (Phi) is 17.1. The summed E-state index contributed by atoms with van der Waals surface area (Å²) in [6.45, 7) is 9.41. The third kappa shape index (κ3) is 13.7. The zero-order valence-electron chi connectivity index (χ0n) is 39.1. The van der Waals surface area contributed by atoms with Crippen LogP contribution in [0.25, 0.3) is 0 Å². The summed E-state index contributed by atoms with van der Waals surface area (Å²) in [5.41, 5.74) is 5.05. The number of nitrogens with two attached hydrogens (primary N) is 1. The quantitative estimate of drug-likeness (QED) is 0.0342. The number of fused-ring (bicyclic) bond motifs is 1. The van der Waals surface area contributed by atoms with Gasteiger partial charge in [-0.15, -0.1) is 11.8 Å². The van der Waals surface area contributed by atoms with Crippen molar-refractivity contribution in [3.05, 3.63) is 65.3 Å². The van der Waals surface area contributed by atoms with Crippen LogP contribution in [0, 0.1) is 0 Å². The molecule has 3 N–H and O–H groups in total. The maximum absolute atomic E-state index is 14.3. The van der Waals surface area contributed by atoms with Gasteiger partial charge in [-0.25, -0.2) is 23.3 Å². The highest BCUT2D eigenvalue weighted by atomic mass is 32.2. The number of benzene rings is 1. The molecule has 2 aliphatic heterocycles. The molecule has 0 radical (unpaired) electrons. The molecule has 4 heterocycles. The molecule has 1 fully saturated rings. The van der Waals surface area contributed by atoms with Crippen LogP contribution in [0.15, 0.2) is 64.0 Å². The largest absolute Gasteiger partial charge is 0.497 e. The fourth-order valence-electron chi connectivity index (χ4n) is 6.45. The first-order valence-electron chi connectivity index (χ1n) is 20.9. The van der Waals surface area contributed by atoms with Gasteiger partial charge in [0.05, 0.1) is 13.3 Å². The van der Waals surface area contributed by atoms with Crippen LogP contribution in [-0.4, -0.2) is 143 Å². The minimum atomic E-state index is -1.35. The summed E-state index contributed by atoms with van der Waals surface area (Å²) in [6.07, 6.45) is 2.43. The number of anilines is 2. The smallest absolute Gasteiger partial charge is 0.415 e. The lowest BCUT2D eigenvalue weighted by molar-refractivity contribution is -0.675. The minimum Gasteiger partial charge on any atom is -0.497 e.